The first-order valence-electron chi connectivity index (χ1n) is 8.76. The van der Waals surface area contributed by atoms with Crippen LogP contribution in [0.1, 0.15) is 44.1 Å². The molecule has 3 nitrogen and oxygen atoms in total. The summed E-state index contributed by atoms with van der Waals surface area (Å²) < 4.78 is 0. The number of benzene rings is 1. The summed E-state index contributed by atoms with van der Waals surface area (Å²) in [5.41, 5.74) is 1.31. The molecule has 1 aliphatic heterocycles. The fourth-order valence-corrected chi connectivity index (χ4v) is 3.74. The van der Waals surface area contributed by atoms with E-state index in [9.17, 15) is 5.11 Å². The largest absolute Gasteiger partial charge is 0.508 e. The van der Waals surface area contributed by atoms with E-state index in [-0.39, 0.29) is 0 Å². The Kier molecular flexibility index (Phi) is 6.71. The molecule has 2 atom stereocenters. The maximum absolute atomic E-state index is 9.79. The maximum Gasteiger partial charge on any atom is 0.115 e. The Morgan fingerprint density at radius 3 is 2.77 bits per heavy atom. The van der Waals surface area contributed by atoms with Gasteiger partial charge in [0.05, 0.1) is 0 Å². The van der Waals surface area contributed by atoms with Gasteiger partial charge < -0.3 is 14.9 Å². The van der Waals surface area contributed by atoms with Crippen molar-refractivity contribution in [2.75, 3.05) is 40.3 Å². The second-order valence-electron chi connectivity index (χ2n) is 7.02. The Hall–Kier alpha value is -1.06. The van der Waals surface area contributed by atoms with Gasteiger partial charge in [-0.1, -0.05) is 31.9 Å². The molecule has 0 aromatic heterocycles. The van der Waals surface area contributed by atoms with Gasteiger partial charge in [-0.25, -0.2) is 0 Å². The van der Waals surface area contributed by atoms with Crippen molar-refractivity contribution in [2.45, 2.75) is 38.5 Å². The van der Waals surface area contributed by atoms with Crippen molar-refractivity contribution in [3.63, 3.8) is 0 Å². The third-order valence-corrected chi connectivity index (χ3v) is 4.79. The molecule has 1 aromatic carbocycles. The van der Waals surface area contributed by atoms with Crippen LogP contribution in [0.3, 0.4) is 0 Å². The molecule has 1 aromatic rings. The lowest BCUT2D eigenvalue weighted by Crippen LogP contribution is -2.43. The number of likely N-dealkylation sites (tertiary alicyclic amines) is 1. The van der Waals surface area contributed by atoms with Gasteiger partial charge in [0.1, 0.15) is 5.75 Å². The average Bonchev–Trinajstić information content (AvgIpc) is 2.47. The molecule has 0 bridgehead atoms. The van der Waals surface area contributed by atoms with E-state index in [0.29, 0.717) is 17.6 Å². The van der Waals surface area contributed by atoms with Crippen molar-refractivity contribution in [3.05, 3.63) is 29.8 Å². The highest BCUT2D eigenvalue weighted by Gasteiger charge is 2.30. The van der Waals surface area contributed by atoms with Gasteiger partial charge in [0.2, 0.25) is 0 Å². The van der Waals surface area contributed by atoms with Gasteiger partial charge >= 0.3 is 0 Å². The summed E-state index contributed by atoms with van der Waals surface area (Å²) in [5, 5.41) is 9.79. The third-order valence-electron chi connectivity index (χ3n) is 4.79. The monoisotopic (exact) mass is 304 g/mol. The second-order valence-corrected chi connectivity index (χ2v) is 7.02. The Labute approximate surface area is 135 Å². The summed E-state index contributed by atoms with van der Waals surface area (Å²) in [6, 6.07) is 7.88. The lowest BCUT2D eigenvalue weighted by atomic mass is 9.80. The molecule has 0 amide bonds. The summed E-state index contributed by atoms with van der Waals surface area (Å²) >= 11 is 0. The predicted octanol–water partition coefficient (Wildman–Crippen LogP) is 3.55. The smallest absolute Gasteiger partial charge is 0.115 e. The molecular formula is C19H32N2O. The van der Waals surface area contributed by atoms with Gasteiger partial charge in [-0.15, -0.1) is 0 Å². The number of piperidine rings is 1. The van der Waals surface area contributed by atoms with Crippen LogP contribution in [0.25, 0.3) is 0 Å². The minimum atomic E-state index is 0.395. The van der Waals surface area contributed by atoms with Gasteiger partial charge in [0.15, 0.2) is 0 Å². The summed E-state index contributed by atoms with van der Waals surface area (Å²) in [6.45, 7) is 6.99. The van der Waals surface area contributed by atoms with Crippen molar-refractivity contribution in [3.8, 4) is 5.75 Å². The zero-order valence-corrected chi connectivity index (χ0v) is 14.5. The minimum Gasteiger partial charge on any atom is -0.508 e. The molecular weight excluding hydrogens is 272 g/mol. The average molecular weight is 304 g/mol. The van der Waals surface area contributed by atoms with E-state index in [4.69, 9.17) is 0 Å². The first kappa shape index (κ1) is 17.3. The number of hydrogen-bond donors (Lipinski definition) is 1. The number of nitrogens with zero attached hydrogens (tertiary/aromatic N) is 2. The molecule has 3 heteroatoms. The van der Waals surface area contributed by atoms with E-state index in [2.05, 4.69) is 36.9 Å². The van der Waals surface area contributed by atoms with Crippen LogP contribution in [-0.2, 0) is 0 Å². The fraction of sp³-hybridized carbons (Fsp3) is 0.684. The van der Waals surface area contributed by atoms with Gasteiger partial charge in [-0.2, -0.15) is 0 Å². The Morgan fingerprint density at radius 1 is 1.27 bits per heavy atom. The quantitative estimate of drug-likeness (QED) is 0.780. The first-order chi connectivity index (χ1) is 10.6. The zero-order chi connectivity index (χ0) is 15.9. The Morgan fingerprint density at radius 2 is 2.09 bits per heavy atom. The minimum absolute atomic E-state index is 0.395. The highest BCUT2D eigenvalue weighted by Crippen LogP contribution is 2.34. The number of rotatable bonds is 7. The van der Waals surface area contributed by atoms with Gasteiger partial charge in [-0.3, -0.25) is 0 Å². The third kappa shape index (κ3) is 4.99. The molecule has 1 heterocycles. The van der Waals surface area contributed by atoms with Crippen molar-refractivity contribution >= 4 is 0 Å². The standard InChI is InChI=1S/C19H32N2O/c1-4-5-6-11-21-12-10-19(17(15-21)14-20(2)3)16-8-7-9-18(22)13-16/h7-9,13,17,19,22H,4-6,10-12,14-15H2,1-3H3. The summed E-state index contributed by atoms with van der Waals surface area (Å²) in [7, 11) is 4.32. The second kappa shape index (κ2) is 8.54. The lowest BCUT2D eigenvalue weighted by molar-refractivity contribution is 0.129. The van der Waals surface area contributed by atoms with Crippen LogP contribution in [0.15, 0.2) is 24.3 Å². The molecule has 1 N–H and O–H groups in total. The van der Waals surface area contributed by atoms with Gasteiger partial charge in [0, 0.05) is 13.1 Å². The van der Waals surface area contributed by atoms with Crippen LogP contribution in [0.2, 0.25) is 0 Å². The van der Waals surface area contributed by atoms with Crippen LogP contribution >= 0.6 is 0 Å². The van der Waals surface area contributed by atoms with E-state index >= 15 is 0 Å². The molecule has 1 saturated heterocycles. The predicted molar refractivity (Wildman–Crippen MR) is 93.5 cm³/mol. The number of phenols is 1. The highest BCUT2D eigenvalue weighted by molar-refractivity contribution is 5.30. The number of unbranched alkanes of at least 4 members (excludes halogenated alkanes) is 2. The van der Waals surface area contributed by atoms with Gasteiger partial charge in [0.25, 0.3) is 0 Å². The molecule has 124 valence electrons. The van der Waals surface area contributed by atoms with E-state index < -0.39 is 0 Å². The van der Waals surface area contributed by atoms with Crippen LogP contribution in [0, 0.1) is 5.92 Å². The van der Waals surface area contributed by atoms with Crippen molar-refractivity contribution in [1.82, 2.24) is 9.80 Å². The molecule has 0 radical (unpaired) electrons. The number of hydrogen-bond acceptors (Lipinski definition) is 3. The molecule has 1 fully saturated rings. The maximum atomic E-state index is 9.79. The molecule has 0 saturated carbocycles. The van der Waals surface area contributed by atoms with Crippen molar-refractivity contribution in [2.24, 2.45) is 5.92 Å². The van der Waals surface area contributed by atoms with Crippen molar-refractivity contribution < 1.29 is 5.11 Å². The first-order valence-corrected chi connectivity index (χ1v) is 8.76. The molecule has 1 aliphatic rings. The van der Waals surface area contributed by atoms with Crippen LogP contribution < -0.4 is 0 Å². The van der Waals surface area contributed by atoms with Crippen molar-refractivity contribution in [1.29, 1.82) is 0 Å². The molecule has 2 rings (SSSR count). The van der Waals surface area contributed by atoms with E-state index in [1.165, 1.54) is 50.9 Å². The van der Waals surface area contributed by atoms with E-state index in [0.717, 1.165) is 6.54 Å². The molecule has 0 spiro atoms. The van der Waals surface area contributed by atoms with Gasteiger partial charge in [-0.05, 0) is 69.6 Å². The summed E-state index contributed by atoms with van der Waals surface area (Å²) in [4.78, 5) is 4.94. The number of aromatic hydroxyl groups is 1. The molecule has 2 unspecified atom stereocenters. The summed E-state index contributed by atoms with van der Waals surface area (Å²) in [6.07, 6.45) is 5.15. The van der Waals surface area contributed by atoms with Crippen LogP contribution in [-0.4, -0.2) is 55.2 Å². The van der Waals surface area contributed by atoms with E-state index in [1.807, 2.05) is 12.1 Å². The topological polar surface area (TPSA) is 26.7 Å². The van der Waals surface area contributed by atoms with E-state index in [1.54, 1.807) is 6.07 Å². The summed E-state index contributed by atoms with van der Waals surface area (Å²) in [5.74, 6) is 1.61. The molecule has 22 heavy (non-hydrogen) atoms. The SMILES string of the molecule is CCCCCN1CCC(c2cccc(O)c2)C(CN(C)C)C1. The zero-order valence-electron chi connectivity index (χ0n) is 14.5. The highest BCUT2D eigenvalue weighted by atomic mass is 16.3. The lowest BCUT2D eigenvalue weighted by Gasteiger charge is -2.40. The van der Waals surface area contributed by atoms with Crippen LogP contribution in [0.5, 0.6) is 5.75 Å². The number of phenolic OH excluding ortho intramolecular Hbond substituents is 1. The fourth-order valence-electron chi connectivity index (χ4n) is 3.74. The van der Waals surface area contributed by atoms with Crippen LogP contribution in [0.4, 0.5) is 0 Å². The Balaban J connectivity index is 2.03. The normalized spacial score (nSPS) is 23.1. The Bertz CT molecular complexity index is 447. The molecule has 0 aliphatic carbocycles.